The van der Waals surface area contributed by atoms with Gasteiger partial charge in [0.1, 0.15) is 25.2 Å². The van der Waals surface area contributed by atoms with Crippen LogP contribution in [0.5, 0.6) is 0 Å². The van der Waals surface area contributed by atoms with Crippen molar-refractivity contribution in [3.05, 3.63) is 25.3 Å². The van der Waals surface area contributed by atoms with E-state index in [0.29, 0.717) is 0 Å². The molecule has 1 aromatic heterocycles. The Balaban J connectivity index is 2.48. The average molecular weight is 224 g/mol. The fraction of sp³-hybridized carbons (Fsp3) is 0.333. The molecule has 0 fully saturated rings. The number of nitrogens with zero attached hydrogens (tertiary/aromatic N) is 3. The number of hydrogen-bond donors (Lipinski definition) is 2. The van der Waals surface area contributed by atoms with Gasteiger partial charge >= 0.3 is 5.97 Å². The molecule has 1 rings (SSSR count). The van der Waals surface area contributed by atoms with Crippen LogP contribution >= 0.6 is 0 Å². The van der Waals surface area contributed by atoms with Gasteiger partial charge < -0.3 is 10.4 Å². The zero-order valence-corrected chi connectivity index (χ0v) is 8.54. The van der Waals surface area contributed by atoms with Crippen LogP contribution in [0.4, 0.5) is 0 Å². The summed E-state index contributed by atoms with van der Waals surface area (Å²) in [5.74, 6) is -1.52. The van der Waals surface area contributed by atoms with Crippen LogP contribution in [0.1, 0.15) is 6.42 Å². The van der Waals surface area contributed by atoms with E-state index >= 15 is 0 Å². The number of aromatic nitrogens is 3. The molecule has 7 heteroatoms. The topological polar surface area (TPSA) is 97.1 Å². The molecule has 0 radical (unpaired) electrons. The monoisotopic (exact) mass is 224 g/mol. The minimum atomic E-state index is -1.09. The Morgan fingerprint density at radius 1 is 1.62 bits per heavy atom. The molecule has 0 aliphatic carbocycles. The minimum Gasteiger partial charge on any atom is -0.480 e. The van der Waals surface area contributed by atoms with Crippen molar-refractivity contribution in [3.8, 4) is 0 Å². The van der Waals surface area contributed by atoms with Gasteiger partial charge in [-0.25, -0.2) is 14.5 Å². The summed E-state index contributed by atoms with van der Waals surface area (Å²) in [7, 11) is 0. The Bertz CT molecular complexity index is 374. The predicted molar refractivity (Wildman–Crippen MR) is 54.4 cm³/mol. The van der Waals surface area contributed by atoms with E-state index in [0.717, 1.165) is 0 Å². The summed E-state index contributed by atoms with van der Waals surface area (Å²) in [6.45, 7) is 3.37. The fourth-order valence-electron chi connectivity index (χ4n) is 1.09. The molecule has 0 saturated carbocycles. The van der Waals surface area contributed by atoms with E-state index in [1.54, 1.807) is 0 Å². The number of nitrogens with one attached hydrogen (secondary N) is 1. The van der Waals surface area contributed by atoms with Crippen LogP contribution in [0, 0.1) is 0 Å². The largest absolute Gasteiger partial charge is 0.480 e. The lowest BCUT2D eigenvalue weighted by Crippen LogP contribution is -2.42. The third kappa shape index (κ3) is 3.52. The molecule has 0 saturated heterocycles. The highest BCUT2D eigenvalue weighted by atomic mass is 16.4. The van der Waals surface area contributed by atoms with Gasteiger partial charge in [0.2, 0.25) is 5.91 Å². The molecule has 7 nitrogen and oxygen atoms in total. The van der Waals surface area contributed by atoms with Gasteiger partial charge in [-0.1, -0.05) is 6.08 Å². The Labute approximate surface area is 91.8 Å². The number of aliphatic carboxylic acids is 1. The maximum Gasteiger partial charge on any atom is 0.326 e. The molecular formula is C9H12N4O3. The number of hydrogen-bond acceptors (Lipinski definition) is 4. The summed E-state index contributed by atoms with van der Waals surface area (Å²) in [6.07, 6.45) is 4.29. The molecule has 1 aromatic rings. The van der Waals surface area contributed by atoms with Crippen LogP contribution < -0.4 is 5.32 Å². The average Bonchev–Trinajstić information content (AvgIpc) is 2.69. The van der Waals surface area contributed by atoms with Crippen LogP contribution in [0.15, 0.2) is 25.3 Å². The van der Waals surface area contributed by atoms with Crippen molar-refractivity contribution in [2.24, 2.45) is 0 Å². The molecule has 0 aliphatic rings. The van der Waals surface area contributed by atoms with E-state index in [2.05, 4.69) is 22.0 Å². The van der Waals surface area contributed by atoms with Gasteiger partial charge in [-0.15, -0.1) is 6.58 Å². The summed E-state index contributed by atoms with van der Waals surface area (Å²) in [5.41, 5.74) is 0. The van der Waals surface area contributed by atoms with Gasteiger partial charge in [-0.2, -0.15) is 5.10 Å². The van der Waals surface area contributed by atoms with E-state index in [1.165, 1.54) is 23.4 Å². The fourth-order valence-corrected chi connectivity index (χ4v) is 1.09. The highest BCUT2D eigenvalue weighted by Gasteiger charge is 2.18. The van der Waals surface area contributed by atoms with E-state index in [9.17, 15) is 9.59 Å². The molecule has 1 unspecified atom stereocenters. The van der Waals surface area contributed by atoms with Crippen molar-refractivity contribution >= 4 is 11.9 Å². The molecule has 1 atom stereocenters. The molecule has 0 bridgehead atoms. The number of carboxylic acid groups (broad SMARTS) is 1. The van der Waals surface area contributed by atoms with E-state index < -0.39 is 17.9 Å². The van der Waals surface area contributed by atoms with Crippen LogP contribution in [0.2, 0.25) is 0 Å². The highest BCUT2D eigenvalue weighted by Crippen LogP contribution is 1.93. The van der Waals surface area contributed by atoms with E-state index in [4.69, 9.17) is 5.11 Å². The number of carbonyl (C=O) groups excluding carboxylic acids is 1. The van der Waals surface area contributed by atoms with Crippen LogP contribution in [-0.2, 0) is 16.1 Å². The smallest absolute Gasteiger partial charge is 0.326 e. The van der Waals surface area contributed by atoms with Gasteiger partial charge in [0.05, 0.1) is 0 Å². The van der Waals surface area contributed by atoms with Crippen molar-refractivity contribution in [2.45, 2.75) is 19.0 Å². The molecular weight excluding hydrogens is 212 g/mol. The molecule has 1 amide bonds. The zero-order valence-electron chi connectivity index (χ0n) is 8.54. The third-order valence-electron chi connectivity index (χ3n) is 1.81. The van der Waals surface area contributed by atoms with Crippen molar-refractivity contribution in [1.29, 1.82) is 0 Å². The number of rotatable bonds is 6. The second kappa shape index (κ2) is 5.64. The van der Waals surface area contributed by atoms with Crippen molar-refractivity contribution in [3.63, 3.8) is 0 Å². The lowest BCUT2D eigenvalue weighted by molar-refractivity contribution is -0.141. The summed E-state index contributed by atoms with van der Waals surface area (Å²) < 4.78 is 1.31. The number of carbonyl (C=O) groups is 2. The summed E-state index contributed by atoms with van der Waals surface area (Å²) in [6, 6.07) is -0.950. The first-order chi connectivity index (χ1) is 7.63. The van der Waals surface area contributed by atoms with Gasteiger partial charge in [0.15, 0.2) is 0 Å². The van der Waals surface area contributed by atoms with Crippen molar-refractivity contribution < 1.29 is 14.7 Å². The molecule has 16 heavy (non-hydrogen) atoms. The maximum absolute atomic E-state index is 11.4. The van der Waals surface area contributed by atoms with E-state index in [1.807, 2.05) is 0 Å². The lowest BCUT2D eigenvalue weighted by atomic mass is 10.2. The van der Waals surface area contributed by atoms with E-state index in [-0.39, 0.29) is 13.0 Å². The maximum atomic E-state index is 11.4. The highest BCUT2D eigenvalue weighted by molar-refractivity contribution is 5.83. The van der Waals surface area contributed by atoms with Crippen molar-refractivity contribution in [2.75, 3.05) is 0 Å². The summed E-state index contributed by atoms with van der Waals surface area (Å²) in [4.78, 5) is 25.8. The Morgan fingerprint density at radius 3 is 2.88 bits per heavy atom. The Kier molecular flexibility index (Phi) is 4.19. The number of amides is 1. The van der Waals surface area contributed by atoms with Crippen molar-refractivity contribution in [1.82, 2.24) is 20.1 Å². The first-order valence-corrected chi connectivity index (χ1v) is 4.59. The predicted octanol–water partition coefficient (Wildman–Crippen LogP) is -0.576. The van der Waals surface area contributed by atoms with Crippen LogP contribution in [0.3, 0.4) is 0 Å². The Hall–Kier alpha value is -2.18. The van der Waals surface area contributed by atoms with Gasteiger partial charge in [-0.05, 0) is 6.42 Å². The van der Waals surface area contributed by atoms with Gasteiger partial charge in [0.25, 0.3) is 0 Å². The quantitative estimate of drug-likeness (QED) is 0.630. The zero-order chi connectivity index (χ0) is 12.0. The van der Waals surface area contributed by atoms with Crippen LogP contribution in [-0.4, -0.2) is 37.8 Å². The first kappa shape index (κ1) is 11.9. The Morgan fingerprint density at radius 2 is 2.38 bits per heavy atom. The molecule has 0 aromatic carbocycles. The third-order valence-corrected chi connectivity index (χ3v) is 1.81. The van der Waals surface area contributed by atoms with Crippen LogP contribution in [0.25, 0.3) is 0 Å². The normalized spacial score (nSPS) is 11.8. The van der Waals surface area contributed by atoms with Gasteiger partial charge in [0, 0.05) is 0 Å². The first-order valence-electron chi connectivity index (χ1n) is 4.59. The number of carboxylic acids is 1. The summed E-state index contributed by atoms with van der Waals surface area (Å²) >= 11 is 0. The summed E-state index contributed by atoms with van der Waals surface area (Å²) in [5, 5.41) is 14.9. The SMILES string of the molecule is C=CCC(NC(=O)Cn1cncn1)C(=O)O. The molecule has 86 valence electrons. The second-order valence-corrected chi connectivity index (χ2v) is 3.08. The molecule has 1 heterocycles. The minimum absolute atomic E-state index is 0.0546. The second-order valence-electron chi connectivity index (χ2n) is 3.08. The lowest BCUT2D eigenvalue weighted by Gasteiger charge is -2.12. The molecule has 0 aliphatic heterocycles. The van der Waals surface area contributed by atoms with Gasteiger partial charge in [-0.3, -0.25) is 4.79 Å². The molecule has 2 N–H and O–H groups in total. The molecule has 0 spiro atoms. The standard InChI is InChI=1S/C9H12N4O3/c1-2-3-7(9(15)16)12-8(14)4-13-6-10-5-11-13/h2,5-7H,1,3-4H2,(H,12,14)(H,15,16).